The molecule has 3 aromatic rings. The number of fused-ring (bicyclic) bond motifs is 3. The van der Waals surface area contributed by atoms with Gasteiger partial charge in [0.1, 0.15) is 0 Å². The lowest BCUT2D eigenvalue weighted by molar-refractivity contribution is -0.125. The lowest BCUT2D eigenvalue weighted by Crippen LogP contribution is -2.43. The molecule has 5 rings (SSSR count). The highest BCUT2D eigenvalue weighted by Crippen LogP contribution is 2.29. The van der Waals surface area contributed by atoms with E-state index in [2.05, 4.69) is 63.0 Å². The first-order valence-corrected chi connectivity index (χ1v) is 12.9. The number of aromatic nitrogens is 2. The largest absolute Gasteiger partial charge is 0.356 e. The van der Waals surface area contributed by atoms with Crippen molar-refractivity contribution in [2.24, 2.45) is 5.92 Å². The maximum atomic E-state index is 12.8. The quantitative estimate of drug-likeness (QED) is 0.543. The number of likely N-dealkylation sites (tertiary alicyclic amines) is 1. The highest BCUT2D eigenvalue weighted by atomic mass is 16.1. The van der Waals surface area contributed by atoms with Crippen molar-refractivity contribution in [1.82, 2.24) is 19.6 Å². The maximum absolute atomic E-state index is 12.8. The summed E-state index contributed by atoms with van der Waals surface area (Å²) in [6.45, 7) is 7.17. The molecule has 0 saturated carbocycles. The molecule has 0 bridgehead atoms. The standard InChI is InChI=1S/C27H37N5O/c1-2-22-9-5-6-16-30(22)17-8-15-28-27(33)21-13-19-31(20-14-21)26-25-12-7-18-32(25)24-11-4-3-10-23(24)29-26/h3-4,7,10-12,18,21-22H,2,5-6,8-9,13-17,19-20H2,1H3,(H,28,33)/t22-/m1/s1. The van der Waals surface area contributed by atoms with Crippen LogP contribution in [0, 0.1) is 5.92 Å². The van der Waals surface area contributed by atoms with Crippen LogP contribution in [0.1, 0.15) is 51.9 Å². The molecule has 0 radical (unpaired) electrons. The van der Waals surface area contributed by atoms with Gasteiger partial charge in [-0.05, 0) is 69.3 Å². The average molecular weight is 448 g/mol. The number of carbonyl (C=O) groups excluding carboxylic acids is 1. The Morgan fingerprint density at radius 2 is 1.85 bits per heavy atom. The highest BCUT2D eigenvalue weighted by Gasteiger charge is 2.27. The Morgan fingerprint density at radius 1 is 1.03 bits per heavy atom. The number of nitrogens with zero attached hydrogens (tertiary/aromatic N) is 4. The van der Waals surface area contributed by atoms with E-state index in [1.54, 1.807) is 0 Å². The van der Waals surface area contributed by atoms with Crippen molar-refractivity contribution in [1.29, 1.82) is 0 Å². The van der Waals surface area contributed by atoms with Gasteiger partial charge in [-0.25, -0.2) is 4.98 Å². The monoisotopic (exact) mass is 447 g/mol. The van der Waals surface area contributed by atoms with Crippen LogP contribution < -0.4 is 10.2 Å². The molecule has 33 heavy (non-hydrogen) atoms. The maximum Gasteiger partial charge on any atom is 0.223 e. The van der Waals surface area contributed by atoms with Gasteiger partial charge >= 0.3 is 0 Å². The Balaban J connectivity index is 1.13. The summed E-state index contributed by atoms with van der Waals surface area (Å²) in [5.74, 6) is 1.38. The smallest absolute Gasteiger partial charge is 0.223 e. The van der Waals surface area contributed by atoms with Gasteiger partial charge in [0.05, 0.1) is 16.6 Å². The average Bonchev–Trinajstić information content (AvgIpc) is 3.37. The van der Waals surface area contributed by atoms with Gasteiger partial charge < -0.3 is 19.5 Å². The van der Waals surface area contributed by atoms with Gasteiger partial charge in [0.25, 0.3) is 0 Å². The molecule has 2 aliphatic rings. The van der Waals surface area contributed by atoms with Crippen LogP contribution in [0.4, 0.5) is 5.82 Å². The van der Waals surface area contributed by atoms with Crippen molar-refractivity contribution < 1.29 is 4.79 Å². The third-order valence-electron chi connectivity index (χ3n) is 7.65. The number of benzene rings is 1. The van der Waals surface area contributed by atoms with Crippen LogP contribution in [0.2, 0.25) is 0 Å². The first kappa shape index (κ1) is 22.2. The van der Waals surface area contributed by atoms with Crippen LogP contribution in [0.3, 0.4) is 0 Å². The second-order valence-corrected chi connectivity index (χ2v) is 9.69. The van der Waals surface area contributed by atoms with Crippen LogP contribution in [-0.2, 0) is 4.79 Å². The SMILES string of the molecule is CC[C@@H]1CCCCN1CCCNC(=O)C1CCN(c2nc3ccccc3n3cccc23)CC1. The zero-order valence-electron chi connectivity index (χ0n) is 19.9. The Labute approximate surface area is 197 Å². The van der Waals surface area contributed by atoms with Gasteiger partial charge in [0, 0.05) is 44.3 Å². The number of rotatable bonds is 7. The lowest BCUT2D eigenvalue weighted by Gasteiger charge is -2.35. The minimum Gasteiger partial charge on any atom is -0.356 e. The normalized spacial score (nSPS) is 20.5. The molecule has 1 N–H and O–H groups in total. The predicted octanol–water partition coefficient (Wildman–Crippen LogP) is 4.47. The number of anilines is 1. The van der Waals surface area contributed by atoms with Gasteiger partial charge in [-0.1, -0.05) is 25.5 Å². The molecule has 176 valence electrons. The first-order chi connectivity index (χ1) is 16.2. The van der Waals surface area contributed by atoms with Crippen molar-refractivity contribution in [2.45, 2.75) is 57.9 Å². The Kier molecular flexibility index (Phi) is 6.81. The van der Waals surface area contributed by atoms with E-state index in [-0.39, 0.29) is 11.8 Å². The van der Waals surface area contributed by atoms with E-state index in [4.69, 9.17) is 4.98 Å². The highest BCUT2D eigenvalue weighted by molar-refractivity contribution is 5.85. The Hall–Kier alpha value is -2.60. The van der Waals surface area contributed by atoms with Crippen LogP contribution >= 0.6 is 0 Å². The molecule has 0 spiro atoms. The van der Waals surface area contributed by atoms with Gasteiger partial charge in [-0.3, -0.25) is 4.79 Å². The van der Waals surface area contributed by atoms with Crippen LogP contribution in [0.5, 0.6) is 0 Å². The van der Waals surface area contributed by atoms with Crippen molar-refractivity contribution in [3.8, 4) is 0 Å². The zero-order valence-corrected chi connectivity index (χ0v) is 19.9. The first-order valence-electron chi connectivity index (χ1n) is 12.9. The van der Waals surface area contributed by atoms with E-state index < -0.39 is 0 Å². The molecule has 4 heterocycles. The van der Waals surface area contributed by atoms with E-state index in [9.17, 15) is 4.79 Å². The van der Waals surface area contributed by atoms with Gasteiger partial charge in [-0.15, -0.1) is 0 Å². The van der Waals surface area contributed by atoms with E-state index in [1.807, 2.05) is 6.07 Å². The molecular formula is C27H37N5O. The number of nitrogens with one attached hydrogen (secondary N) is 1. The van der Waals surface area contributed by atoms with Crippen LogP contribution in [0.15, 0.2) is 42.6 Å². The van der Waals surface area contributed by atoms with Crippen molar-refractivity contribution in [3.63, 3.8) is 0 Å². The molecule has 1 aromatic carbocycles. The Bertz CT molecular complexity index is 1080. The molecule has 2 aliphatic heterocycles. The second-order valence-electron chi connectivity index (χ2n) is 9.69. The third kappa shape index (κ3) is 4.72. The number of hydrogen-bond donors (Lipinski definition) is 1. The summed E-state index contributed by atoms with van der Waals surface area (Å²) >= 11 is 0. The fourth-order valence-electron chi connectivity index (χ4n) is 5.75. The van der Waals surface area contributed by atoms with Crippen molar-refractivity contribution >= 4 is 28.3 Å². The molecule has 2 aromatic heterocycles. The molecular weight excluding hydrogens is 410 g/mol. The summed E-state index contributed by atoms with van der Waals surface area (Å²) in [7, 11) is 0. The Morgan fingerprint density at radius 3 is 2.70 bits per heavy atom. The van der Waals surface area contributed by atoms with Crippen molar-refractivity contribution in [3.05, 3.63) is 42.6 Å². The number of piperidine rings is 2. The summed E-state index contributed by atoms with van der Waals surface area (Å²) in [5.41, 5.74) is 3.28. The number of carbonyl (C=O) groups is 1. The van der Waals surface area contributed by atoms with E-state index in [0.717, 1.165) is 73.9 Å². The molecule has 1 amide bonds. The predicted molar refractivity (Wildman–Crippen MR) is 135 cm³/mol. The minimum absolute atomic E-state index is 0.114. The summed E-state index contributed by atoms with van der Waals surface area (Å²) in [4.78, 5) is 22.8. The molecule has 6 nitrogen and oxygen atoms in total. The van der Waals surface area contributed by atoms with E-state index >= 15 is 0 Å². The summed E-state index contributed by atoms with van der Waals surface area (Å²) in [5, 5.41) is 3.23. The van der Waals surface area contributed by atoms with E-state index in [0.29, 0.717) is 0 Å². The fourth-order valence-corrected chi connectivity index (χ4v) is 5.75. The molecule has 1 atom stereocenters. The number of amides is 1. The molecule has 2 fully saturated rings. The number of para-hydroxylation sites is 2. The van der Waals surface area contributed by atoms with Gasteiger partial charge in [0.15, 0.2) is 5.82 Å². The van der Waals surface area contributed by atoms with Gasteiger partial charge in [-0.2, -0.15) is 0 Å². The zero-order chi connectivity index (χ0) is 22.6. The summed E-state index contributed by atoms with van der Waals surface area (Å²) in [6, 6.07) is 13.3. The van der Waals surface area contributed by atoms with Crippen LogP contribution in [0.25, 0.3) is 16.6 Å². The minimum atomic E-state index is 0.114. The van der Waals surface area contributed by atoms with Gasteiger partial charge in [0.2, 0.25) is 5.91 Å². The third-order valence-corrected chi connectivity index (χ3v) is 7.65. The molecule has 2 saturated heterocycles. The van der Waals surface area contributed by atoms with E-state index in [1.165, 1.54) is 32.2 Å². The summed E-state index contributed by atoms with van der Waals surface area (Å²) in [6.07, 6.45) is 10.2. The van der Waals surface area contributed by atoms with Crippen LogP contribution in [-0.4, -0.2) is 59.0 Å². The van der Waals surface area contributed by atoms with Crippen molar-refractivity contribution in [2.75, 3.05) is 37.6 Å². The number of hydrogen-bond acceptors (Lipinski definition) is 4. The molecule has 0 unspecified atom stereocenters. The summed E-state index contributed by atoms with van der Waals surface area (Å²) < 4.78 is 2.22. The lowest BCUT2D eigenvalue weighted by atomic mass is 9.95. The second kappa shape index (κ2) is 10.1. The molecule has 0 aliphatic carbocycles. The fraction of sp³-hybridized carbons (Fsp3) is 0.556. The topological polar surface area (TPSA) is 52.9 Å². The molecule has 6 heteroatoms.